The van der Waals surface area contributed by atoms with Gasteiger partial charge in [0.2, 0.25) is 0 Å². The molecule has 0 saturated heterocycles. The van der Waals surface area contributed by atoms with Crippen LogP contribution in [0.25, 0.3) is 0 Å². The number of amides is 2. The Hall–Kier alpha value is -3.82. The van der Waals surface area contributed by atoms with Gasteiger partial charge in [0.25, 0.3) is 11.8 Å². The molecule has 0 aliphatic rings. The zero-order valence-electron chi connectivity index (χ0n) is 24.8. The van der Waals surface area contributed by atoms with E-state index in [1.807, 2.05) is 45.0 Å². The van der Waals surface area contributed by atoms with Gasteiger partial charge in [0.1, 0.15) is 17.4 Å². The number of aliphatic hydroxyl groups excluding tert-OH is 1. The number of hydrogen-bond acceptors (Lipinski definition) is 5. The molecule has 0 heterocycles. The van der Waals surface area contributed by atoms with Crippen molar-refractivity contribution in [3.05, 3.63) is 100 Å². The number of carbonyl (C=O) groups excluding carboxylic acids is 2. The maximum atomic E-state index is 14.0. The molecule has 0 saturated carbocycles. The monoisotopic (exact) mass is 581 g/mol. The lowest BCUT2D eigenvalue weighted by molar-refractivity contribution is 0.0755. The van der Waals surface area contributed by atoms with Gasteiger partial charge in [-0.25, -0.2) is 8.78 Å². The first-order valence-corrected chi connectivity index (χ1v) is 14.3. The topological polar surface area (TPSA) is 90.9 Å². The molecule has 0 aliphatic carbocycles. The number of methoxy groups -OCH3 is 1. The molecule has 3 N–H and O–H groups in total. The number of aliphatic hydroxyl groups is 1. The van der Waals surface area contributed by atoms with Crippen molar-refractivity contribution in [1.29, 1.82) is 0 Å². The first kappa shape index (κ1) is 32.7. The molecular weight excluding hydrogens is 540 g/mol. The molecule has 9 heteroatoms. The number of rotatable bonds is 15. The molecule has 2 atom stereocenters. The average molecular weight is 582 g/mol. The van der Waals surface area contributed by atoms with Crippen LogP contribution in [0, 0.1) is 18.6 Å². The van der Waals surface area contributed by atoms with Crippen molar-refractivity contribution in [3.8, 4) is 5.75 Å². The van der Waals surface area contributed by atoms with Crippen LogP contribution in [0.5, 0.6) is 5.75 Å². The van der Waals surface area contributed by atoms with Gasteiger partial charge in [-0.3, -0.25) is 9.59 Å². The molecule has 0 aliphatic heterocycles. The minimum Gasteiger partial charge on any atom is -0.497 e. The highest BCUT2D eigenvalue weighted by Gasteiger charge is 2.24. The highest BCUT2D eigenvalue weighted by atomic mass is 19.1. The van der Waals surface area contributed by atoms with Gasteiger partial charge in [-0.05, 0) is 85.3 Å². The molecule has 3 aromatic carbocycles. The van der Waals surface area contributed by atoms with Crippen LogP contribution in [-0.2, 0) is 13.0 Å². The second kappa shape index (κ2) is 16.0. The summed E-state index contributed by atoms with van der Waals surface area (Å²) in [6, 6.07) is 14.7. The van der Waals surface area contributed by atoms with Crippen molar-refractivity contribution >= 4 is 11.8 Å². The van der Waals surface area contributed by atoms with E-state index >= 15 is 0 Å². The van der Waals surface area contributed by atoms with Crippen LogP contribution in [0.3, 0.4) is 0 Å². The molecule has 2 amide bonds. The number of nitrogens with one attached hydrogen (secondary N) is 2. The van der Waals surface area contributed by atoms with E-state index in [1.165, 1.54) is 12.1 Å². The van der Waals surface area contributed by atoms with Crippen LogP contribution < -0.4 is 15.4 Å². The minimum atomic E-state index is -1.10. The Bertz CT molecular complexity index is 1320. The number of ether oxygens (including phenoxy) is 1. The fourth-order valence-corrected chi connectivity index (χ4v) is 4.88. The third-order valence-corrected chi connectivity index (χ3v) is 6.84. The number of nitrogens with zero attached hydrogens (tertiary/aromatic N) is 1. The van der Waals surface area contributed by atoms with E-state index in [0.717, 1.165) is 30.0 Å². The summed E-state index contributed by atoms with van der Waals surface area (Å²) < 4.78 is 33.2. The Kier molecular flexibility index (Phi) is 12.4. The summed E-state index contributed by atoms with van der Waals surface area (Å²) in [5, 5.41) is 17.1. The van der Waals surface area contributed by atoms with Gasteiger partial charge in [-0.1, -0.05) is 26.0 Å². The standard InChI is InChI=1S/C33H41F2N3O4/c1-5-10-38(11-6-2)33(41)26-13-22(3)12-25(18-26)32(40)37-30(17-24-14-27(34)19-28(35)15-24)31(39)21-36-20-23-8-7-9-29(16-23)42-4/h7-9,12-16,18-19,30-31,36,39H,5-6,10-11,17,20-21H2,1-4H3,(H,37,40). The molecule has 2 unspecified atom stereocenters. The molecule has 0 radical (unpaired) electrons. The van der Waals surface area contributed by atoms with Crippen molar-refractivity contribution in [1.82, 2.24) is 15.5 Å². The third kappa shape index (κ3) is 9.63. The van der Waals surface area contributed by atoms with Crippen LogP contribution in [0.2, 0.25) is 0 Å². The summed E-state index contributed by atoms with van der Waals surface area (Å²) in [6.45, 7) is 7.58. The van der Waals surface area contributed by atoms with Crippen LogP contribution in [0.1, 0.15) is 64.1 Å². The van der Waals surface area contributed by atoms with Gasteiger partial charge in [-0.2, -0.15) is 0 Å². The quantitative estimate of drug-likeness (QED) is 0.234. The Morgan fingerprint density at radius 1 is 0.929 bits per heavy atom. The number of carbonyl (C=O) groups is 2. The zero-order valence-corrected chi connectivity index (χ0v) is 24.8. The molecule has 226 valence electrons. The average Bonchev–Trinajstić information content (AvgIpc) is 2.95. The van der Waals surface area contributed by atoms with Crippen molar-refractivity contribution in [2.75, 3.05) is 26.7 Å². The first-order valence-electron chi connectivity index (χ1n) is 14.3. The lowest BCUT2D eigenvalue weighted by Crippen LogP contribution is -2.48. The fourth-order valence-electron chi connectivity index (χ4n) is 4.88. The molecule has 0 aromatic heterocycles. The lowest BCUT2D eigenvalue weighted by Gasteiger charge is -2.25. The third-order valence-electron chi connectivity index (χ3n) is 6.84. The summed E-state index contributed by atoms with van der Waals surface area (Å²) in [5.74, 6) is -1.43. The highest BCUT2D eigenvalue weighted by Crippen LogP contribution is 2.17. The predicted octanol–water partition coefficient (Wildman–Crippen LogP) is 5.04. The van der Waals surface area contributed by atoms with E-state index in [1.54, 1.807) is 30.2 Å². The van der Waals surface area contributed by atoms with E-state index in [2.05, 4.69) is 10.6 Å². The van der Waals surface area contributed by atoms with Gasteiger partial charge < -0.3 is 25.4 Å². The molecule has 42 heavy (non-hydrogen) atoms. The van der Waals surface area contributed by atoms with Gasteiger partial charge in [-0.15, -0.1) is 0 Å². The van der Waals surface area contributed by atoms with Crippen molar-refractivity contribution < 1.29 is 28.2 Å². The molecule has 0 fully saturated rings. The number of benzene rings is 3. The van der Waals surface area contributed by atoms with Crippen molar-refractivity contribution in [2.24, 2.45) is 0 Å². The highest BCUT2D eigenvalue weighted by molar-refractivity contribution is 6.00. The Morgan fingerprint density at radius 3 is 2.24 bits per heavy atom. The Labute approximate surface area is 246 Å². The molecule has 3 aromatic rings. The minimum absolute atomic E-state index is 0.0131. The fraction of sp³-hybridized carbons (Fsp3) is 0.394. The zero-order chi connectivity index (χ0) is 30.6. The van der Waals surface area contributed by atoms with E-state index in [-0.39, 0.29) is 24.4 Å². The van der Waals surface area contributed by atoms with Crippen LogP contribution in [0.15, 0.2) is 60.7 Å². The van der Waals surface area contributed by atoms with E-state index in [9.17, 15) is 23.5 Å². The van der Waals surface area contributed by atoms with Crippen LogP contribution in [0.4, 0.5) is 8.78 Å². The smallest absolute Gasteiger partial charge is 0.253 e. The second-order valence-electron chi connectivity index (χ2n) is 10.5. The maximum Gasteiger partial charge on any atom is 0.253 e. The van der Waals surface area contributed by atoms with Gasteiger partial charge >= 0.3 is 0 Å². The molecule has 3 rings (SSSR count). The summed E-state index contributed by atoms with van der Waals surface area (Å²) >= 11 is 0. The molecular formula is C33H41F2N3O4. The largest absolute Gasteiger partial charge is 0.497 e. The summed E-state index contributed by atoms with van der Waals surface area (Å²) in [5.41, 5.74) is 2.64. The lowest BCUT2D eigenvalue weighted by atomic mass is 9.99. The van der Waals surface area contributed by atoms with Crippen LogP contribution in [-0.4, -0.2) is 60.7 Å². The van der Waals surface area contributed by atoms with E-state index < -0.39 is 29.7 Å². The maximum absolute atomic E-state index is 14.0. The SMILES string of the molecule is CCCN(CCC)C(=O)c1cc(C)cc(C(=O)NC(Cc2cc(F)cc(F)c2)C(O)CNCc2cccc(OC)c2)c1. The summed E-state index contributed by atoms with van der Waals surface area (Å²) in [4.78, 5) is 28.5. The molecule has 7 nitrogen and oxygen atoms in total. The van der Waals surface area contributed by atoms with Gasteiger partial charge in [0.15, 0.2) is 0 Å². The van der Waals surface area contributed by atoms with Crippen LogP contribution >= 0.6 is 0 Å². The number of aryl methyl sites for hydroxylation is 1. The van der Waals surface area contributed by atoms with Crippen molar-refractivity contribution in [3.63, 3.8) is 0 Å². The summed E-state index contributed by atoms with van der Waals surface area (Å²) in [6.07, 6.45) is 0.524. The normalized spacial score (nSPS) is 12.5. The number of hydrogen-bond donors (Lipinski definition) is 3. The van der Waals surface area contributed by atoms with Crippen molar-refractivity contribution in [2.45, 2.75) is 58.7 Å². The van der Waals surface area contributed by atoms with Gasteiger partial charge in [0.05, 0.1) is 19.3 Å². The first-order chi connectivity index (χ1) is 20.1. The van der Waals surface area contributed by atoms with E-state index in [4.69, 9.17) is 4.74 Å². The van der Waals surface area contributed by atoms with Gasteiger partial charge in [0, 0.05) is 43.4 Å². The summed E-state index contributed by atoms with van der Waals surface area (Å²) in [7, 11) is 1.58. The second-order valence-corrected chi connectivity index (χ2v) is 10.5. The molecule has 0 bridgehead atoms. The predicted molar refractivity (Wildman–Crippen MR) is 160 cm³/mol. The Morgan fingerprint density at radius 2 is 1.60 bits per heavy atom. The number of halogens is 2. The van der Waals surface area contributed by atoms with E-state index in [0.29, 0.717) is 36.5 Å². The Balaban J connectivity index is 1.80. The molecule has 0 spiro atoms.